The van der Waals surface area contributed by atoms with Crippen molar-refractivity contribution in [2.24, 2.45) is 5.73 Å². The van der Waals surface area contributed by atoms with Crippen molar-refractivity contribution in [1.82, 2.24) is 9.55 Å². The molecule has 0 radical (unpaired) electrons. The minimum Gasteiger partial charge on any atom is -0.480 e. The molecule has 3 N–H and O–H groups in total. The highest BCUT2D eigenvalue weighted by Crippen LogP contribution is 2.20. The van der Waals surface area contributed by atoms with Gasteiger partial charge in [0.15, 0.2) is 0 Å². The average Bonchev–Trinajstić information content (AvgIpc) is 2.50. The summed E-state index contributed by atoms with van der Waals surface area (Å²) in [5.41, 5.74) is 4.49. The number of hydrogen-bond acceptors (Lipinski definition) is 3. The smallest absolute Gasteiger partial charge is 0.323 e. The molecule has 0 spiro atoms. The van der Waals surface area contributed by atoms with Crippen molar-refractivity contribution in [3.05, 3.63) is 18.2 Å². The molecule has 0 aliphatic heterocycles. The maximum atomic E-state index is 10.9. The lowest BCUT2D eigenvalue weighted by molar-refractivity contribution is -0.143. The topological polar surface area (TPSA) is 81.1 Å². The van der Waals surface area contributed by atoms with E-state index in [0.29, 0.717) is 6.42 Å². The normalized spacial score (nSPS) is 17.1. The lowest BCUT2D eigenvalue weighted by atomic mass is 9.95. The summed E-state index contributed by atoms with van der Waals surface area (Å²) in [6, 6.07) is 0.0265. The fraction of sp³-hybridized carbons (Fsp3) is 0.600. The number of aryl methyl sites for hydroxylation is 1. The van der Waals surface area contributed by atoms with Crippen molar-refractivity contribution < 1.29 is 9.90 Å². The van der Waals surface area contributed by atoms with Crippen LogP contribution >= 0.6 is 0 Å². The number of rotatable bonds is 4. The predicted octanol–water partition coefficient (Wildman–Crippen LogP) is 0.945. The Morgan fingerprint density at radius 2 is 2.40 bits per heavy atom. The molecule has 1 aromatic rings. The summed E-state index contributed by atoms with van der Waals surface area (Å²) in [6.45, 7) is 5.34. The number of aliphatic carboxylic acids is 1. The van der Waals surface area contributed by atoms with Crippen LogP contribution in [-0.4, -0.2) is 26.2 Å². The molecule has 0 bridgehead atoms. The summed E-state index contributed by atoms with van der Waals surface area (Å²) in [5, 5.41) is 8.91. The highest BCUT2D eigenvalue weighted by atomic mass is 16.4. The lowest BCUT2D eigenvalue weighted by Crippen LogP contribution is -2.46. The van der Waals surface area contributed by atoms with Gasteiger partial charge in [-0.1, -0.05) is 0 Å². The maximum Gasteiger partial charge on any atom is 0.323 e. The summed E-state index contributed by atoms with van der Waals surface area (Å²) in [4.78, 5) is 14.9. The van der Waals surface area contributed by atoms with Crippen molar-refractivity contribution in [2.45, 2.75) is 38.8 Å². The number of nitrogens with two attached hydrogens (primary N) is 1. The quantitative estimate of drug-likeness (QED) is 0.776. The number of imidazole rings is 1. The van der Waals surface area contributed by atoms with E-state index in [9.17, 15) is 4.79 Å². The van der Waals surface area contributed by atoms with Crippen LogP contribution in [0.5, 0.6) is 0 Å². The van der Waals surface area contributed by atoms with E-state index in [1.165, 1.54) is 6.92 Å². The second-order valence-electron chi connectivity index (χ2n) is 4.16. The third kappa shape index (κ3) is 2.56. The Labute approximate surface area is 88.9 Å². The van der Waals surface area contributed by atoms with Gasteiger partial charge in [-0.2, -0.15) is 0 Å². The van der Waals surface area contributed by atoms with Gasteiger partial charge in [-0.3, -0.25) is 4.79 Å². The molecule has 0 amide bonds. The highest BCUT2D eigenvalue weighted by Gasteiger charge is 2.30. The third-order valence-electron chi connectivity index (χ3n) is 2.55. The van der Waals surface area contributed by atoms with Gasteiger partial charge in [-0.15, -0.1) is 0 Å². The second kappa shape index (κ2) is 4.02. The van der Waals surface area contributed by atoms with E-state index in [4.69, 9.17) is 10.8 Å². The summed E-state index contributed by atoms with van der Waals surface area (Å²) < 4.78 is 1.92. The molecule has 1 rings (SSSR count). The van der Waals surface area contributed by atoms with Crippen LogP contribution < -0.4 is 5.73 Å². The largest absolute Gasteiger partial charge is 0.480 e. The van der Waals surface area contributed by atoms with Crippen molar-refractivity contribution in [3.8, 4) is 0 Å². The van der Waals surface area contributed by atoms with Crippen LogP contribution in [0.1, 0.15) is 32.1 Å². The third-order valence-corrected chi connectivity index (χ3v) is 2.55. The summed E-state index contributed by atoms with van der Waals surface area (Å²) in [7, 11) is 0. The van der Waals surface area contributed by atoms with Gasteiger partial charge < -0.3 is 15.4 Å². The fourth-order valence-corrected chi connectivity index (χ4v) is 1.65. The first-order valence-corrected chi connectivity index (χ1v) is 4.86. The number of carboxylic acid groups (broad SMARTS) is 1. The van der Waals surface area contributed by atoms with Crippen molar-refractivity contribution in [1.29, 1.82) is 0 Å². The van der Waals surface area contributed by atoms with Crippen molar-refractivity contribution >= 4 is 5.97 Å². The van der Waals surface area contributed by atoms with E-state index >= 15 is 0 Å². The van der Waals surface area contributed by atoms with Crippen LogP contribution in [0.2, 0.25) is 0 Å². The monoisotopic (exact) mass is 211 g/mol. The van der Waals surface area contributed by atoms with E-state index in [1.807, 2.05) is 24.6 Å². The molecule has 84 valence electrons. The first-order chi connectivity index (χ1) is 6.84. The Balaban J connectivity index is 2.76. The summed E-state index contributed by atoms with van der Waals surface area (Å²) in [5.74, 6) is -0.115. The summed E-state index contributed by atoms with van der Waals surface area (Å²) >= 11 is 0. The molecule has 0 fully saturated rings. The Kier molecular flexibility index (Phi) is 3.14. The van der Waals surface area contributed by atoms with Crippen molar-refractivity contribution in [3.63, 3.8) is 0 Å². The van der Waals surface area contributed by atoms with Gasteiger partial charge in [0.1, 0.15) is 11.4 Å². The van der Waals surface area contributed by atoms with E-state index in [2.05, 4.69) is 4.98 Å². The van der Waals surface area contributed by atoms with Crippen LogP contribution in [0.25, 0.3) is 0 Å². The molecule has 5 nitrogen and oxygen atoms in total. The van der Waals surface area contributed by atoms with E-state index in [0.717, 1.165) is 5.82 Å². The lowest BCUT2D eigenvalue weighted by Gasteiger charge is -2.24. The van der Waals surface area contributed by atoms with Gasteiger partial charge in [0, 0.05) is 18.4 Å². The number of carboxylic acids is 1. The predicted molar refractivity (Wildman–Crippen MR) is 56.5 cm³/mol. The Morgan fingerprint density at radius 1 is 1.80 bits per heavy atom. The molecule has 1 heterocycles. The number of carbonyl (C=O) groups is 1. The van der Waals surface area contributed by atoms with Crippen LogP contribution in [0.3, 0.4) is 0 Å². The first-order valence-electron chi connectivity index (χ1n) is 4.86. The number of nitrogens with zero attached hydrogens (tertiary/aromatic N) is 2. The number of hydrogen-bond donors (Lipinski definition) is 2. The van der Waals surface area contributed by atoms with Gasteiger partial charge in [-0.25, -0.2) is 4.98 Å². The van der Waals surface area contributed by atoms with Crippen LogP contribution in [0, 0.1) is 6.92 Å². The maximum absolute atomic E-state index is 10.9. The molecule has 0 aliphatic rings. The number of aromatic nitrogens is 2. The SMILES string of the molecule is Cc1nccn1C(C)CC(C)(N)C(=O)O. The zero-order chi connectivity index (χ0) is 11.6. The molecule has 2 unspecified atom stereocenters. The molecule has 0 saturated carbocycles. The van der Waals surface area contributed by atoms with Crippen molar-refractivity contribution in [2.75, 3.05) is 0 Å². The molecule has 5 heteroatoms. The van der Waals surface area contributed by atoms with Crippen LogP contribution in [-0.2, 0) is 4.79 Å². The molecule has 0 aliphatic carbocycles. The Hall–Kier alpha value is -1.36. The molecular weight excluding hydrogens is 194 g/mol. The minimum atomic E-state index is -1.20. The highest BCUT2D eigenvalue weighted by molar-refractivity contribution is 5.77. The molecule has 2 atom stereocenters. The molecule has 0 aromatic carbocycles. The van der Waals surface area contributed by atoms with E-state index in [1.54, 1.807) is 6.20 Å². The zero-order valence-electron chi connectivity index (χ0n) is 9.27. The average molecular weight is 211 g/mol. The molecule has 15 heavy (non-hydrogen) atoms. The van der Waals surface area contributed by atoms with Gasteiger partial charge >= 0.3 is 5.97 Å². The van der Waals surface area contributed by atoms with Gasteiger partial charge in [0.25, 0.3) is 0 Å². The fourth-order valence-electron chi connectivity index (χ4n) is 1.65. The van der Waals surface area contributed by atoms with Gasteiger partial charge in [0.2, 0.25) is 0 Å². The standard InChI is InChI=1S/C10H17N3O2/c1-7(6-10(3,11)9(14)15)13-5-4-12-8(13)2/h4-5,7H,6,11H2,1-3H3,(H,14,15). The minimum absolute atomic E-state index is 0.0265. The molecule has 1 aromatic heterocycles. The van der Waals surface area contributed by atoms with E-state index < -0.39 is 11.5 Å². The second-order valence-corrected chi connectivity index (χ2v) is 4.16. The summed E-state index contributed by atoms with van der Waals surface area (Å²) in [6.07, 6.45) is 3.90. The first kappa shape index (κ1) is 11.7. The molecular formula is C10H17N3O2. The van der Waals surface area contributed by atoms with E-state index in [-0.39, 0.29) is 6.04 Å². The van der Waals surface area contributed by atoms with Crippen LogP contribution in [0.4, 0.5) is 0 Å². The Bertz CT molecular complexity index is 357. The zero-order valence-corrected chi connectivity index (χ0v) is 9.27. The molecule has 0 saturated heterocycles. The van der Waals surface area contributed by atoms with Gasteiger partial charge in [-0.05, 0) is 27.2 Å². The van der Waals surface area contributed by atoms with Crippen LogP contribution in [0.15, 0.2) is 12.4 Å². The Morgan fingerprint density at radius 3 is 2.80 bits per heavy atom. The van der Waals surface area contributed by atoms with Gasteiger partial charge in [0.05, 0.1) is 0 Å².